The van der Waals surface area contributed by atoms with Gasteiger partial charge in [0.05, 0.1) is 26.7 Å². The Morgan fingerprint density at radius 3 is 2.46 bits per heavy atom. The van der Waals surface area contributed by atoms with E-state index >= 15 is 0 Å². The van der Waals surface area contributed by atoms with Gasteiger partial charge in [-0.2, -0.15) is 0 Å². The van der Waals surface area contributed by atoms with Crippen LogP contribution in [0.3, 0.4) is 0 Å². The van der Waals surface area contributed by atoms with E-state index in [0.29, 0.717) is 29.6 Å². The molecule has 0 unspecified atom stereocenters. The molecule has 0 spiro atoms. The second-order valence-electron chi connectivity index (χ2n) is 9.61. The molecule has 200 valence electrons. The highest BCUT2D eigenvalue weighted by Crippen LogP contribution is 2.57. The monoisotopic (exact) mass is 518 g/mol. The minimum atomic E-state index is -1.81. The lowest BCUT2D eigenvalue weighted by Gasteiger charge is -2.38. The molecule has 2 aromatic rings. The van der Waals surface area contributed by atoms with Gasteiger partial charge in [0, 0.05) is 17.2 Å². The number of ether oxygens (including phenoxy) is 6. The molecule has 11 nitrogen and oxygen atoms in total. The van der Waals surface area contributed by atoms with Crippen molar-refractivity contribution in [1.29, 1.82) is 0 Å². The van der Waals surface area contributed by atoms with Crippen LogP contribution in [-0.2, 0) is 9.53 Å². The van der Waals surface area contributed by atoms with Crippen molar-refractivity contribution in [3.63, 3.8) is 0 Å². The summed E-state index contributed by atoms with van der Waals surface area (Å²) in [7, 11) is 3.12. The maximum absolute atomic E-state index is 11.5. The molecule has 2 aromatic carbocycles. The minimum Gasteiger partial charge on any atom is -0.493 e. The number of aliphatic hydroxyl groups is 3. The van der Waals surface area contributed by atoms with Gasteiger partial charge in [0.1, 0.15) is 35.9 Å². The number of aliphatic hydroxyl groups excluding tert-OH is 3. The maximum atomic E-state index is 11.5. The zero-order valence-electron chi connectivity index (χ0n) is 20.8. The van der Waals surface area contributed by atoms with Crippen molar-refractivity contribution in [1.82, 2.24) is 0 Å². The molecule has 1 saturated heterocycles. The molecule has 1 fully saturated rings. The number of rotatable bonds is 6. The normalized spacial score (nSPS) is 29.9. The maximum Gasteiger partial charge on any atom is 0.335 e. The van der Waals surface area contributed by atoms with Crippen LogP contribution < -0.4 is 23.7 Å². The second-order valence-corrected chi connectivity index (χ2v) is 9.61. The highest BCUT2D eigenvalue weighted by atomic mass is 16.7. The Morgan fingerprint density at radius 2 is 1.81 bits per heavy atom. The first-order valence-corrected chi connectivity index (χ1v) is 12.0. The van der Waals surface area contributed by atoms with Crippen molar-refractivity contribution >= 4 is 5.97 Å². The van der Waals surface area contributed by atoms with Crippen LogP contribution in [0.25, 0.3) is 0 Å². The average Bonchev–Trinajstić information content (AvgIpc) is 3.26. The van der Waals surface area contributed by atoms with Crippen LogP contribution in [0.1, 0.15) is 48.5 Å². The Kier molecular flexibility index (Phi) is 6.57. The molecular formula is C26H30O11. The molecule has 3 aliphatic rings. The first-order valence-electron chi connectivity index (χ1n) is 12.0. The molecule has 4 N–H and O–H groups in total. The van der Waals surface area contributed by atoms with Crippen LogP contribution in [0, 0.1) is 0 Å². The van der Waals surface area contributed by atoms with Crippen LogP contribution in [0.2, 0.25) is 0 Å². The Bertz CT molecular complexity index is 1200. The fraction of sp³-hybridized carbons (Fsp3) is 0.500. The third-order valence-electron chi connectivity index (χ3n) is 7.08. The van der Waals surface area contributed by atoms with Crippen molar-refractivity contribution in [2.45, 2.75) is 62.5 Å². The van der Waals surface area contributed by atoms with E-state index in [-0.39, 0.29) is 23.7 Å². The number of benzene rings is 2. The third kappa shape index (κ3) is 4.11. The zero-order valence-corrected chi connectivity index (χ0v) is 20.8. The van der Waals surface area contributed by atoms with Gasteiger partial charge in [-0.1, -0.05) is 19.9 Å². The number of methoxy groups -OCH3 is 2. The molecular weight excluding hydrogens is 488 g/mol. The summed E-state index contributed by atoms with van der Waals surface area (Å²) < 4.78 is 34.7. The number of carboxylic acid groups (broad SMARTS) is 1. The van der Waals surface area contributed by atoms with Crippen LogP contribution in [0.5, 0.6) is 28.7 Å². The Morgan fingerprint density at radius 1 is 1.05 bits per heavy atom. The van der Waals surface area contributed by atoms with Gasteiger partial charge in [-0.05, 0) is 23.6 Å². The van der Waals surface area contributed by atoms with Crippen molar-refractivity contribution in [3.8, 4) is 28.7 Å². The van der Waals surface area contributed by atoms with Crippen molar-refractivity contribution in [2.24, 2.45) is 0 Å². The summed E-state index contributed by atoms with van der Waals surface area (Å²) in [5.74, 6) is 0.886. The van der Waals surface area contributed by atoms with Crippen LogP contribution in [0.15, 0.2) is 24.3 Å². The van der Waals surface area contributed by atoms with Gasteiger partial charge >= 0.3 is 5.97 Å². The molecule has 37 heavy (non-hydrogen) atoms. The number of hydrogen-bond donors (Lipinski definition) is 4. The summed E-state index contributed by atoms with van der Waals surface area (Å²) in [6, 6.07) is 7.15. The first kappa shape index (κ1) is 25.4. The summed E-state index contributed by atoms with van der Waals surface area (Å²) in [6.07, 6.45) is -8.89. The summed E-state index contributed by atoms with van der Waals surface area (Å²) in [6.45, 7) is 4.33. The topological polar surface area (TPSA) is 153 Å². The largest absolute Gasteiger partial charge is 0.493 e. The highest BCUT2D eigenvalue weighted by molar-refractivity contribution is 5.73. The highest BCUT2D eigenvalue weighted by Gasteiger charge is 2.49. The molecule has 0 bridgehead atoms. The number of aliphatic carboxylic acids is 1. The van der Waals surface area contributed by atoms with Gasteiger partial charge in [-0.3, -0.25) is 0 Å². The molecule has 7 atom stereocenters. The summed E-state index contributed by atoms with van der Waals surface area (Å²) in [4.78, 5) is 11.5. The summed E-state index contributed by atoms with van der Waals surface area (Å²) in [5, 5.41) is 39.8. The average molecular weight is 519 g/mol. The van der Waals surface area contributed by atoms with Crippen LogP contribution in [0.4, 0.5) is 0 Å². The number of carbonyl (C=O) groups is 1. The summed E-state index contributed by atoms with van der Waals surface area (Å²) in [5.41, 5.74) is 2.66. The van der Waals surface area contributed by atoms with Gasteiger partial charge in [0.25, 0.3) is 0 Å². The summed E-state index contributed by atoms with van der Waals surface area (Å²) >= 11 is 0. The molecule has 0 amide bonds. The van der Waals surface area contributed by atoms with Gasteiger partial charge in [0.2, 0.25) is 12.0 Å². The van der Waals surface area contributed by atoms with Crippen LogP contribution in [-0.4, -0.2) is 77.9 Å². The predicted molar refractivity (Wildman–Crippen MR) is 127 cm³/mol. The fourth-order valence-electron chi connectivity index (χ4n) is 5.19. The van der Waals surface area contributed by atoms with E-state index in [2.05, 4.69) is 0 Å². The minimum absolute atomic E-state index is 0.0137. The number of hydrogen-bond acceptors (Lipinski definition) is 10. The van der Waals surface area contributed by atoms with Crippen molar-refractivity contribution < 1.29 is 53.6 Å². The molecule has 0 aromatic heterocycles. The molecule has 3 heterocycles. The Labute approximate surface area is 213 Å². The van der Waals surface area contributed by atoms with E-state index in [1.54, 1.807) is 26.4 Å². The molecule has 0 aliphatic carbocycles. The van der Waals surface area contributed by atoms with Gasteiger partial charge < -0.3 is 48.8 Å². The second kappa shape index (κ2) is 9.56. The molecule has 0 saturated carbocycles. The first-order chi connectivity index (χ1) is 17.7. The van der Waals surface area contributed by atoms with Gasteiger partial charge in [-0.15, -0.1) is 0 Å². The number of fused-ring (bicyclic) bond motifs is 5. The van der Waals surface area contributed by atoms with E-state index < -0.39 is 36.7 Å². The Balaban J connectivity index is 1.49. The zero-order chi connectivity index (χ0) is 26.6. The molecule has 11 heteroatoms. The fourth-order valence-corrected chi connectivity index (χ4v) is 5.19. The lowest BCUT2D eigenvalue weighted by atomic mass is 9.84. The van der Waals surface area contributed by atoms with Gasteiger partial charge in [-0.25, -0.2) is 4.79 Å². The van der Waals surface area contributed by atoms with E-state index in [0.717, 1.165) is 16.7 Å². The standard InChI is InChI=1S/C26H30O11/c1-10(2)13-7-11(35-26-20(29)18(27)19(28)24(37-26)25(30)31)8-16-17(13)21-14(9-34-16)12-5-6-15(32-3)23(33-4)22(12)36-21/h5-8,10,14,18-21,24,26-29H,9H2,1-4H3,(H,30,31)/t14-,18-,19-,20+,21+,24-,26+/m0/s1. The third-order valence-corrected chi connectivity index (χ3v) is 7.08. The quantitative estimate of drug-likeness (QED) is 0.442. The molecule has 0 radical (unpaired) electrons. The van der Waals surface area contributed by atoms with Gasteiger partial charge in [0.15, 0.2) is 17.6 Å². The van der Waals surface area contributed by atoms with Crippen molar-refractivity contribution in [3.05, 3.63) is 41.0 Å². The number of carboxylic acids is 1. The molecule has 5 rings (SSSR count). The van der Waals surface area contributed by atoms with E-state index in [1.807, 2.05) is 26.0 Å². The smallest absolute Gasteiger partial charge is 0.335 e. The van der Waals surface area contributed by atoms with E-state index in [1.165, 1.54) is 0 Å². The van der Waals surface area contributed by atoms with Crippen molar-refractivity contribution in [2.75, 3.05) is 20.8 Å². The lowest BCUT2D eigenvalue weighted by molar-refractivity contribution is -0.271. The lowest BCUT2D eigenvalue weighted by Crippen LogP contribution is -2.61. The molecule has 3 aliphatic heterocycles. The Hall–Kier alpha value is -3.25. The van der Waals surface area contributed by atoms with E-state index in [4.69, 9.17) is 28.4 Å². The van der Waals surface area contributed by atoms with E-state index in [9.17, 15) is 25.2 Å². The predicted octanol–water partition coefficient (Wildman–Crippen LogP) is 1.71. The SMILES string of the molecule is COc1ccc2c(c1OC)O[C@H]1c3c(cc(O[C@@H]4O[C@H](C(=O)O)[C@@H](O)[C@H](O)[C@H]4O)cc3C(C)C)OC[C@@H]21. The van der Waals surface area contributed by atoms with Crippen LogP contribution >= 0.6 is 0 Å².